The van der Waals surface area contributed by atoms with Gasteiger partial charge >= 0.3 is 0 Å². The summed E-state index contributed by atoms with van der Waals surface area (Å²) in [5.41, 5.74) is 4.31. The highest BCUT2D eigenvalue weighted by molar-refractivity contribution is 8.00. The highest BCUT2D eigenvalue weighted by Gasteiger charge is 2.27. The molecule has 1 unspecified atom stereocenters. The molecule has 1 saturated heterocycles. The lowest BCUT2D eigenvalue weighted by Crippen LogP contribution is -2.50. The van der Waals surface area contributed by atoms with E-state index in [1.165, 1.54) is 23.4 Å². The van der Waals surface area contributed by atoms with Crippen LogP contribution < -0.4 is 4.90 Å². The number of benzene rings is 3. The summed E-state index contributed by atoms with van der Waals surface area (Å²) in [5.74, 6) is -0.211. The van der Waals surface area contributed by atoms with E-state index >= 15 is 0 Å². The number of halogens is 1. The molecule has 7 nitrogen and oxygen atoms in total. The lowest BCUT2D eigenvalue weighted by molar-refractivity contribution is -0.130. The molecular formula is C29H27FN6OS. The molecule has 0 spiro atoms. The van der Waals surface area contributed by atoms with Crippen molar-refractivity contribution in [1.82, 2.24) is 24.6 Å². The molecule has 38 heavy (non-hydrogen) atoms. The number of rotatable bonds is 6. The van der Waals surface area contributed by atoms with Gasteiger partial charge in [0, 0.05) is 38.1 Å². The third-order valence-corrected chi connectivity index (χ3v) is 7.89. The second kappa shape index (κ2) is 10.4. The minimum Gasteiger partial charge on any atom is -0.366 e. The Bertz CT molecular complexity index is 1600. The molecule has 0 saturated carbocycles. The first-order valence-corrected chi connectivity index (χ1v) is 13.6. The standard InChI is InChI=1S/C29H27FN6OS/c1-20(28(37)35-17-15-34(16-18-35)25-14-8-6-12-23(25)30)38-29-31-27-26(32-33-29)22-11-5-7-13-24(22)36(27)19-21-9-3-2-4-10-21/h2-14,20H,15-19H2,1H3. The van der Waals surface area contributed by atoms with Crippen LogP contribution in [0.1, 0.15) is 12.5 Å². The molecule has 6 rings (SSSR count). The van der Waals surface area contributed by atoms with Crippen LogP contribution in [0.5, 0.6) is 0 Å². The highest BCUT2D eigenvalue weighted by Crippen LogP contribution is 2.29. The van der Waals surface area contributed by atoms with Crippen molar-refractivity contribution in [2.75, 3.05) is 31.1 Å². The van der Waals surface area contributed by atoms with Crippen LogP contribution in [0.3, 0.4) is 0 Å². The molecule has 5 aromatic rings. The predicted octanol–water partition coefficient (Wildman–Crippen LogP) is 5.00. The Kier molecular flexibility index (Phi) is 6.68. The Morgan fingerprint density at radius 3 is 2.42 bits per heavy atom. The predicted molar refractivity (Wildman–Crippen MR) is 149 cm³/mol. The number of amides is 1. The zero-order valence-corrected chi connectivity index (χ0v) is 21.8. The van der Waals surface area contributed by atoms with Gasteiger partial charge in [-0.2, -0.15) is 0 Å². The quantitative estimate of drug-likeness (QED) is 0.290. The molecule has 1 aliphatic heterocycles. The van der Waals surface area contributed by atoms with Gasteiger partial charge in [-0.3, -0.25) is 4.79 Å². The van der Waals surface area contributed by atoms with Gasteiger partial charge in [0.05, 0.1) is 16.5 Å². The molecule has 1 atom stereocenters. The van der Waals surface area contributed by atoms with E-state index in [2.05, 4.69) is 33.0 Å². The van der Waals surface area contributed by atoms with Crippen molar-refractivity contribution in [3.8, 4) is 0 Å². The van der Waals surface area contributed by atoms with Crippen LogP contribution >= 0.6 is 11.8 Å². The number of anilines is 1. The second-order valence-corrected chi connectivity index (χ2v) is 10.7. The van der Waals surface area contributed by atoms with Crippen LogP contribution in [0, 0.1) is 5.82 Å². The van der Waals surface area contributed by atoms with E-state index in [9.17, 15) is 9.18 Å². The smallest absolute Gasteiger partial charge is 0.236 e. The van der Waals surface area contributed by atoms with Gasteiger partial charge in [0.2, 0.25) is 11.1 Å². The molecule has 0 radical (unpaired) electrons. The van der Waals surface area contributed by atoms with Crippen LogP contribution in [-0.2, 0) is 11.3 Å². The lowest BCUT2D eigenvalue weighted by atomic mass is 10.2. The van der Waals surface area contributed by atoms with Crippen molar-refractivity contribution in [2.45, 2.75) is 23.9 Å². The lowest BCUT2D eigenvalue weighted by Gasteiger charge is -2.37. The topological polar surface area (TPSA) is 67.2 Å². The Hall–Kier alpha value is -3.98. The molecule has 192 valence electrons. The summed E-state index contributed by atoms with van der Waals surface area (Å²) in [6.45, 7) is 4.81. The number of hydrogen-bond donors (Lipinski definition) is 0. The number of nitrogens with zero attached hydrogens (tertiary/aromatic N) is 6. The van der Waals surface area contributed by atoms with E-state index in [0.717, 1.165) is 22.1 Å². The summed E-state index contributed by atoms with van der Waals surface area (Å²) in [4.78, 5) is 22.0. The summed E-state index contributed by atoms with van der Waals surface area (Å²) in [6.07, 6.45) is 0. The van der Waals surface area contributed by atoms with Gasteiger partial charge in [-0.15, -0.1) is 10.2 Å². The van der Waals surface area contributed by atoms with Gasteiger partial charge < -0.3 is 14.4 Å². The number of aromatic nitrogens is 4. The fourth-order valence-electron chi connectivity index (χ4n) is 5.01. The molecule has 0 bridgehead atoms. The minimum absolute atomic E-state index is 0.0247. The average molecular weight is 527 g/mol. The van der Waals surface area contributed by atoms with Gasteiger partial charge in [-0.05, 0) is 30.7 Å². The van der Waals surface area contributed by atoms with Crippen LogP contribution in [0.2, 0.25) is 0 Å². The number of thioether (sulfide) groups is 1. The first kappa shape index (κ1) is 24.4. The SMILES string of the molecule is CC(Sc1nnc2c3ccccc3n(Cc3ccccc3)c2n1)C(=O)N1CCN(c2ccccc2F)CC1. The minimum atomic E-state index is -0.374. The molecule has 2 aromatic heterocycles. The maximum atomic E-state index is 14.2. The number of hydrogen-bond acceptors (Lipinski definition) is 6. The Labute approximate surface area is 224 Å². The van der Waals surface area contributed by atoms with Crippen molar-refractivity contribution in [1.29, 1.82) is 0 Å². The van der Waals surface area contributed by atoms with E-state index < -0.39 is 0 Å². The number of carbonyl (C=O) groups excluding carboxylic acids is 1. The zero-order valence-electron chi connectivity index (χ0n) is 21.0. The molecule has 1 fully saturated rings. The average Bonchev–Trinajstić information content (AvgIpc) is 3.26. The second-order valence-electron chi connectivity index (χ2n) is 9.38. The summed E-state index contributed by atoms with van der Waals surface area (Å²) in [6, 6.07) is 25.1. The molecule has 0 N–H and O–H groups in total. The fourth-order valence-corrected chi connectivity index (χ4v) is 5.80. The van der Waals surface area contributed by atoms with Crippen LogP contribution in [0.15, 0.2) is 84.0 Å². The van der Waals surface area contributed by atoms with Crippen LogP contribution in [0.25, 0.3) is 22.1 Å². The van der Waals surface area contributed by atoms with E-state index in [1.54, 1.807) is 12.1 Å². The summed E-state index contributed by atoms with van der Waals surface area (Å²) in [7, 11) is 0. The summed E-state index contributed by atoms with van der Waals surface area (Å²) in [5, 5.41) is 10.0. The molecule has 9 heteroatoms. The normalized spacial score (nSPS) is 14.8. The van der Waals surface area contributed by atoms with E-state index in [1.807, 2.05) is 59.2 Å². The van der Waals surface area contributed by atoms with Crippen molar-refractivity contribution >= 4 is 45.4 Å². The van der Waals surface area contributed by atoms with Gasteiger partial charge in [0.1, 0.15) is 11.3 Å². The largest absolute Gasteiger partial charge is 0.366 e. The Morgan fingerprint density at radius 1 is 0.921 bits per heavy atom. The zero-order chi connectivity index (χ0) is 26.1. The van der Waals surface area contributed by atoms with E-state index in [-0.39, 0.29) is 17.0 Å². The van der Waals surface area contributed by atoms with Crippen molar-refractivity contribution < 1.29 is 9.18 Å². The van der Waals surface area contributed by atoms with E-state index in [4.69, 9.17) is 4.98 Å². The number of para-hydroxylation sites is 2. The maximum absolute atomic E-state index is 14.2. The van der Waals surface area contributed by atoms with Gasteiger partial charge in [-0.1, -0.05) is 72.4 Å². The molecule has 3 aromatic carbocycles. The molecule has 3 heterocycles. The van der Waals surface area contributed by atoms with Gasteiger partial charge in [0.25, 0.3) is 0 Å². The summed E-state index contributed by atoms with van der Waals surface area (Å²) >= 11 is 1.32. The van der Waals surface area contributed by atoms with Crippen molar-refractivity contribution in [2.24, 2.45) is 0 Å². The molecule has 1 aliphatic rings. The monoisotopic (exact) mass is 526 g/mol. The van der Waals surface area contributed by atoms with Crippen molar-refractivity contribution in [3.05, 3.63) is 90.2 Å². The van der Waals surface area contributed by atoms with Crippen LogP contribution in [-0.4, -0.2) is 62.0 Å². The first-order chi connectivity index (χ1) is 18.6. The molecule has 0 aliphatic carbocycles. The maximum Gasteiger partial charge on any atom is 0.236 e. The fraction of sp³-hybridized carbons (Fsp3) is 0.241. The highest BCUT2D eigenvalue weighted by atomic mass is 32.2. The number of carbonyl (C=O) groups is 1. The van der Waals surface area contributed by atoms with Gasteiger partial charge in [0.15, 0.2) is 5.65 Å². The summed E-state index contributed by atoms with van der Waals surface area (Å²) < 4.78 is 16.3. The van der Waals surface area contributed by atoms with Crippen LogP contribution in [0.4, 0.5) is 10.1 Å². The number of piperazine rings is 1. The molecular weight excluding hydrogens is 499 g/mol. The third kappa shape index (κ3) is 4.69. The molecule has 1 amide bonds. The number of fused-ring (bicyclic) bond motifs is 3. The Morgan fingerprint density at radius 2 is 1.63 bits per heavy atom. The Balaban J connectivity index is 1.20. The van der Waals surface area contributed by atoms with E-state index in [0.29, 0.717) is 43.6 Å². The van der Waals surface area contributed by atoms with Gasteiger partial charge in [-0.25, -0.2) is 9.37 Å². The third-order valence-electron chi connectivity index (χ3n) is 6.95. The van der Waals surface area contributed by atoms with Crippen molar-refractivity contribution in [3.63, 3.8) is 0 Å². The first-order valence-electron chi connectivity index (χ1n) is 12.7.